The molecule has 8 rings (SSSR count). The van der Waals surface area contributed by atoms with Gasteiger partial charge in [0.15, 0.2) is 5.30 Å². The van der Waals surface area contributed by atoms with Gasteiger partial charge < -0.3 is 0 Å². The molecule has 2 heteroatoms. The molecule has 0 radical (unpaired) electrons. The molecule has 0 saturated heterocycles. The number of hydrogen-bond acceptors (Lipinski definition) is 0. The van der Waals surface area contributed by atoms with Crippen molar-refractivity contribution in [3.8, 4) is 11.1 Å². The highest BCUT2D eigenvalue weighted by molar-refractivity contribution is 7.68. The summed E-state index contributed by atoms with van der Waals surface area (Å²) in [5.74, 6) is 0. The van der Waals surface area contributed by atoms with Crippen LogP contribution >= 0.6 is 15.5 Å². The Kier molecular flexibility index (Phi) is 5.30. The third kappa shape index (κ3) is 3.44. The minimum atomic E-state index is -0.386. The monoisotopic (exact) mass is 523 g/mol. The van der Waals surface area contributed by atoms with Crippen molar-refractivity contribution in [1.29, 1.82) is 0 Å². The van der Waals surface area contributed by atoms with Crippen LogP contribution in [0.3, 0.4) is 0 Å². The highest BCUT2D eigenvalue weighted by Gasteiger charge is 2.37. The lowest BCUT2D eigenvalue weighted by atomic mass is 9.86. The van der Waals surface area contributed by atoms with E-state index in [1.54, 1.807) is 21.7 Å². The van der Waals surface area contributed by atoms with Crippen LogP contribution in [0.15, 0.2) is 109 Å². The summed E-state index contributed by atoms with van der Waals surface area (Å²) in [5.41, 5.74) is 10.7. The zero-order chi connectivity index (χ0) is 25.2. The van der Waals surface area contributed by atoms with E-state index in [2.05, 4.69) is 116 Å². The molecular weight excluding hydrogens is 494 g/mol. The molecule has 0 spiro atoms. The van der Waals surface area contributed by atoms with Crippen LogP contribution in [0.4, 0.5) is 0 Å². The van der Waals surface area contributed by atoms with Crippen LogP contribution in [-0.2, 0) is 18.5 Å². The van der Waals surface area contributed by atoms with E-state index in [0.29, 0.717) is 0 Å². The minimum Gasteiger partial charge on any atom is -0.101 e. The van der Waals surface area contributed by atoms with Gasteiger partial charge in [-0.3, -0.25) is 0 Å². The molecule has 1 aliphatic carbocycles. The largest absolute Gasteiger partial charge is 0.157 e. The first-order valence-corrected chi connectivity index (χ1v) is 17.3. The Labute approximate surface area is 226 Å². The Morgan fingerprint density at radius 2 is 1.53 bits per heavy atom. The molecule has 38 heavy (non-hydrogen) atoms. The van der Waals surface area contributed by atoms with Crippen LogP contribution in [0.5, 0.6) is 0 Å². The zero-order valence-electron chi connectivity index (χ0n) is 21.6. The third-order valence-corrected chi connectivity index (χ3v) is 13.0. The van der Waals surface area contributed by atoms with E-state index in [-0.39, 0.29) is 15.5 Å². The van der Waals surface area contributed by atoms with Crippen molar-refractivity contribution in [1.82, 2.24) is 0 Å². The van der Waals surface area contributed by atoms with Gasteiger partial charge in [0.05, 0.1) is 0 Å². The summed E-state index contributed by atoms with van der Waals surface area (Å²) in [7, 11) is -0.512. The Bertz CT molecular complexity index is 1890. The van der Waals surface area contributed by atoms with E-state index < -0.39 is 0 Å². The number of allylic oxidation sites excluding steroid dienone is 4. The van der Waals surface area contributed by atoms with Gasteiger partial charge in [-0.05, 0) is 81.0 Å². The fraction of sp³-hybridized carbons (Fsp3) is 0.139. The van der Waals surface area contributed by atoms with Crippen molar-refractivity contribution >= 4 is 53.2 Å². The Hall–Kier alpha value is -3.30. The van der Waals surface area contributed by atoms with Crippen molar-refractivity contribution in [2.24, 2.45) is 0 Å². The summed E-state index contributed by atoms with van der Waals surface area (Å²) in [6.45, 7) is 2.51. The predicted octanol–water partition coefficient (Wildman–Crippen LogP) is 9.62. The van der Waals surface area contributed by atoms with Gasteiger partial charge in [0.1, 0.15) is 19.0 Å². The molecule has 182 valence electrons. The molecule has 0 bridgehead atoms. The van der Waals surface area contributed by atoms with Crippen LogP contribution in [-0.4, -0.2) is 12.0 Å². The Balaban J connectivity index is 1.43. The van der Waals surface area contributed by atoms with E-state index in [4.69, 9.17) is 0 Å². The van der Waals surface area contributed by atoms with Crippen LogP contribution in [0.25, 0.3) is 38.2 Å². The fourth-order valence-electron chi connectivity index (χ4n) is 6.90. The van der Waals surface area contributed by atoms with Gasteiger partial charge in [0, 0.05) is 23.1 Å². The molecule has 5 aromatic rings. The molecule has 3 aliphatic rings. The van der Waals surface area contributed by atoms with Gasteiger partial charge in [-0.2, -0.15) is 0 Å². The Morgan fingerprint density at radius 3 is 2.42 bits per heavy atom. The van der Waals surface area contributed by atoms with Crippen molar-refractivity contribution < 1.29 is 0 Å². The summed E-state index contributed by atoms with van der Waals surface area (Å²) in [5, 5.41) is 8.81. The first-order chi connectivity index (χ1) is 18.8. The third-order valence-electron chi connectivity index (χ3n) is 8.54. The summed E-state index contributed by atoms with van der Waals surface area (Å²) >= 11 is 0. The molecule has 2 atom stereocenters. The van der Waals surface area contributed by atoms with E-state index in [1.807, 2.05) is 0 Å². The number of fused-ring (bicyclic) bond motifs is 10. The van der Waals surface area contributed by atoms with Crippen molar-refractivity contribution in [2.45, 2.75) is 24.9 Å². The lowest BCUT2D eigenvalue weighted by Crippen LogP contribution is -2.02. The molecule has 2 aliphatic heterocycles. The average molecular weight is 524 g/mol. The van der Waals surface area contributed by atoms with E-state index in [9.17, 15) is 0 Å². The molecule has 0 N–H and O–H groups in total. The van der Waals surface area contributed by atoms with E-state index in [0.717, 1.165) is 12.6 Å². The maximum Gasteiger partial charge on any atom is 0.157 e. The van der Waals surface area contributed by atoms with Gasteiger partial charge >= 0.3 is 0 Å². The molecule has 0 amide bonds. The summed E-state index contributed by atoms with van der Waals surface area (Å²) in [6, 6.07) is 34.7. The molecule has 5 aromatic carbocycles. The molecule has 2 heterocycles. The standard InChI is InChI=1S/C36H29P2/c1-37-21-26-19-18-24-10-2-4-12-28(24)35(26)36-29-13-5-3-11-25(29)20-27(32(36)23-37)22-38-33-16-8-6-14-30(33)31-15-7-9-17-34(31)38/h2-16,18-20H,17,21-23H2,1H3/q+1. The first-order valence-electron chi connectivity index (χ1n) is 13.6. The van der Waals surface area contributed by atoms with Gasteiger partial charge in [-0.25, -0.2) is 0 Å². The second-order valence-electron chi connectivity index (χ2n) is 10.9. The number of rotatable bonds is 2. The number of benzene rings is 5. The van der Waals surface area contributed by atoms with Crippen molar-refractivity contribution in [3.63, 3.8) is 0 Å². The second-order valence-corrected chi connectivity index (χ2v) is 15.4. The minimum absolute atomic E-state index is 0.127. The fourth-order valence-corrected chi connectivity index (χ4v) is 11.6. The normalized spacial score (nSPS) is 18.6. The summed E-state index contributed by atoms with van der Waals surface area (Å²) in [6.07, 6.45) is 11.6. The molecule has 2 unspecified atom stereocenters. The van der Waals surface area contributed by atoms with Crippen LogP contribution in [0.2, 0.25) is 0 Å². The summed E-state index contributed by atoms with van der Waals surface area (Å²) < 4.78 is 0. The van der Waals surface area contributed by atoms with Crippen molar-refractivity contribution in [2.75, 3.05) is 6.66 Å². The molecule has 0 saturated carbocycles. The maximum atomic E-state index is 2.55. The van der Waals surface area contributed by atoms with Crippen LogP contribution < -0.4 is 5.30 Å². The quantitative estimate of drug-likeness (QED) is 0.202. The molecule has 0 nitrogen and oxygen atoms in total. The SMILES string of the molecule is CP1Cc2ccc3ccccc3c2-c2c(c(C[P+]3=C4CC=CC=C4c4ccccc43)cc3ccccc23)C1. The molecular formula is C36H29P2+. The maximum absolute atomic E-state index is 2.55. The zero-order valence-corrected chi connectivity index (χ0v) is 23.4. The van der Waals surface area contributed by atoms with Gasteiger partial charge in [-0.15, -0.1) is 7.92 Å². The lowest BCUT2D eigenvalue weighted by molar-refractivity contribution is 1.29. The topological polar surface area (TPSA) is 0 Å². The van der Waals surface area contributed by atoms with Gasteiger partial charge in [0.2, 0.25) is 0 Å². The van der Waals surface area contributed by atoms with Crippen LogP contribution in [0, 0.1) is 0 Å². The van der Waals surface area contributed by atoms with E-state index >= 15 is 0 Å². The van der Waals surface area contributed by atoms with E-state index in [1.165, 1.54) is 61.7 Å². The Morgan fingerprint density at radius 1 is 0.763 bits per heavy atom. The highest BCUT2D eigenvalue weighted by Crippen LogP contribution is 2.54. The smallest absolute Gasteiger partial charge is 0.101 e. The predicted molar refractivity (Wildman–Crippen MR) is 171 cm³/mol. The average Bonchev–Trinajstić information content (AvgIpc) is 3.17. The second kappa shape index (κ2) is 8.88. The molecule has 0 fully saturated rings. The number of hydrogen-bond donors (Lipinski definition) is 0. The first kappa shape index (κ1) is 22.7. The van der Waals surface area contributed by atoms with Crippen LogP contribution in [0.1, 0.15) is 28.7 Å². The molecule has 0 aromatic heterocycles. The lowest BCUT2D eigenvalue weighted by Gasteiger charge is -2.18. The highest BCUT2D eigenvalue weighted by atomic mass is 31.1. The van der Waals surface area contributed by atoms with Gasteiger partial charge in [0.25, 0.3) is 0 Å². The summed E-state index contributed by atoms with van der Waals surface area (Å²) in [4.78, 5) is 0. The van der Waals surface area contributed by atoms with Gasteiger partial charge in [-0.1, -0.05) is 91.0 Å². The van der Waals surface area contributed by atoms with Crippen molar-refractivity contribution in [3.05, 3.63) is 131 Å².